The number of carbonyl (C=O) groups is 1. The molecule has 0 aliphatic carbocycles. The first-order valence-electron chi connectivity index (χ1n) is 2.22. The molecule has 0 saturated carbocycles. The molecular weight excluding hydrogens is 120 g/mol. The molecule has 0 rings (SSSR count). The summed E-state index contributed by atoms with van der Waals surface area (Å²) < 4.78 is 4.36. The summed E-state index contributed by atoms with van der Waals surface area (Å²) in [5.74, 6) is -0.833. The van der Waals surface area contributed by atoms with E-state index < -0.39 is 5.97 Å². The van der Waals surface area contributed by atoms with Crippen LogP contribution in [-0.2, 0) is 9.53 Å². The molecule has 9 heavy (non-hydrogen) atoms. The number of carboxylic acid groups (broad SMARTS) is 1. The van der Waals surface area contributed by atoms with Crippen molar-refractivity contribution in [1.82, 2.24) is 0 Å². The maximum Gasteiger partial charge on any atom is 0.300 e. The molecule has 0 atom stereocenters. The summed E-state index contributed by atoms with van der Waals surface area (Å²) in [6.45, 7) is 7.60. The van der Waals surface area contributed by atoms with Crippen LogP contribution in [0.15, 0.2) is 25.7 Å². The Balaban J connectivity index is 0. The van der Waals surface area contributed by atoms with Crippen LogP contribution < -0.4 is 0 Å². The second-order valence-electron chi connectivity index (χ2n) is 0.988. The summed E-state index contributed by atoms with van der Waals surface area (Å²) in [5.41, 5.74) is 0. The van der Waals surface area contributed by atoms with E-state index in [0.29, 0.717) is 0 Å². The molecule has 0 fully saturated rings. The summed E-state index contributed by atoms with van der Waals surface area (Å²) in [6.07, 6.45) is 2.62. The van der Waals surface area contributed by atoms with Gasteiger partial charge < -0.3 is 9.84 Å². The third-order valence-corrected chi connectivity index (χ3v) is 0.192. The molecule has 52 valence electrons. The van der Waals surface area contributed by atoms with E-state index >= 15 is 0 Å². The molecule has 1 N–H and O–H groups in total. The van der Waals surface area contributed by atoms with Crippen molar-refractivity contribution >= 4 is 5.97 Å². The van der Waals surface area contributed by atoms with Crippen LogP contribution in [0.25, 0.3) is 0 Å². The normalized spacial score (nSPS) is 5.89. The average Bonchev–Trinajstić information content (AvgIpc) is 1.66. The molecule has 0 heterocycles. The van der Waals surface area contributed by atoms with E-state index in [-0.39, 0.29) is 0 Å². The minimum atomic E-state index is -0.833. The number of rotatable bonds is 2. The number of hydrogen-bond donors (Lipinski definition) is 1. The van der Waals surface area contributed by atoms with E-state index in [1.165, 1.54) is 12.5 Å². The molecule has 0 spiro atoms. The third-order valence-electron chi connectivity index (χ3n) is 0.192. The van der Waals surface area contributed by atoms with Crippen molar-refractivity contribution in [1.29, 1.82) is 0 Å². The van der Waals surface area contributed by atoms with Crippen molar-refractivity contribution in [2.45, 2.75) is 6.92 Å². The van der Waals surface area contributed by atoms with Crippen molar-refractivity contribution in [3.05, 3.63) is 25.7 Å². The van der Waals surface area contributed by atoms with Crippen LogP contribution in [0.2, 0.25) is 0 Å². The Morgan fingerprint density at radius 2 is 1.78 bits per heavy atom. The second-order valence-corrected chi connectivity index (χ2v) is 0.988. The van der Waals surface area contributed by atoms with Gasteiger partial charge in [-0.05, 0) is 0 Å². The zero-order chi connectivity index (χ0) is 7.70. The fourth-order valence-corrected chi connectivity index (χ4v) is 0.0680. The third kappa shape index (κ3) is 271. The first kappa shape index (κ1) is 10.7. The van der Waals surface area contributed by atoms with E-state index in [0.717, 1.165) is 6.92 Å². The lowest BCUT2D eigenvalue weighted by molar-refractivity contribution is -0.134. The van der Waals surface area contributed by atoms with Crippen LogP contribution in [-0.4, -0.2) is 11.1 Å². The van der Waals surface area contributed by atoms with E-state index in [1.54, 1.807) is 0 Å². The molecule has 0 unspecified atom stereocenters. The quantitative estimate of drug-likeness (QED) is 0.574. The number of hydrogen-bond acceptors (Lipinski definition) is 2. The Hall–Kier alpha value is -1.25. The Kier molecular flexibility index (Phi) is 11.7. The molecule has 0 aromatic heterocycles. The monoisotopic (exact) mass is 130 g/mol. The van der Waals surface area contributed by atoms with Crippen molar-refractivity contribution < 1.29 is 14.6 Å². The zero-order valence-electron chi connectivity index (χ0n) is 5.33. The molecule has 0 saturated heterocycles. The van der Waals surface area contributed by atoms with Crippen molar-refractivity contribution in [3.63, 3.8) is 0 Å². The SMILES string of the molecule is C=COC=C.CC(=O)O. The van der Waals surface area contributed by atoms with Crippen molar-refractivity contribution in [2.75, 3.05) is 0 Å². The van der Waals surface area contributed by atoms with Crippen molar-refractivity contribution in [2.24, 2.45) is 0 Å². The van der Waals surface area contributed by atoms with Gasteiger partial charge in [-0.25, -0.2) is 0 Å². The van der Waals surface area contributed by atoms with Crippen LogP contribution in [0.3, 0.4) is 0 Å². The van der Waals surface area contributed by atoms with Crippen LogP contribution in [0.1, 0.15) is 6.92 Å². The molecule has 0 aromatic carbocycles. The molecule has 0 radical (unpaired) electrons. The minimum Gasteiger partial charge on any atom is -0.481 e. The lowest BCUT2D eigenvalue weighted by Crippen LogP contribution is -1.78. The van der Waals surface area contributed by atoms with Gasteiger partial charge in [0.1, 0.15) is 0 Å². The average molecular weight is 130 g/mol. The molecule has 3 heteroatoms. The Morgan fingerprint density at radius 1 is 1.56 bits per heavy atom. The smallest absolute Gasteiger partial charge is 0.300 e. The summed E-state index contributed by atoms with van der Waals surface area (Å²) in [5, 5.41) is 7.42. The van der Waals surface area contributed by atoms with Gasteiger partial charge in [0.2, 0.25) is 0 Å². The number of aliphatic carboxylic acids is 1. The highest BCUT2D eigenvalue weighted by Gasteiger charge is 1.65. The fourth-order valence-electron chi connectivity index (χ4n) is 0.0680. The lowest BCUT2D eigenvalue weighted by atomic mass is 10.9. The van der Waals surface area contributed by atoms with Gasteiger partial charge in [0.15, 0.2) is 0 Å². The number of carboxylic acids is 1. The Bertz CT molecular complexity index is 86.5. The first-order chi connectivity index (χ1) is 4.15. The van der Waals surface area contributed by atoms with E-state index in [4.69, 9.17) is 9.90 Å². The topological polar surface area (TPSA) is 46.5 Å². The largest absolute Gasteiger partial charge is 0.481 e. The van der Waals surface area contributed by atoms with Crippen LogP contribution in [0.5, 0.6) is 0 Å². The van der Waals surface area contributed by atoms with Gasteiger partial charge in [-0.3, -0.25) is 4.79 Å². The number of ether oxygens (including phenoxy) is 1. The highest BCUT2D eigenvalue weighted by atomic mass is 16.5. The summed E-state index contributed by atoms with van der Waals surface area (Å²) in [6, 6.07) is 0. The van der Waals surface area contributed by atoms with E-state index in [2.05, 4.69) is 17.9 Å². The highest BCUT2D eigenvalue weighted by molar-refractivity contribution is 5.62. The maximum absolute atomic E-state index is 9.00. The predicted molar refractivity (Wildman–Crippen MR) is 34.8 cm³/mol. The fraction of sp³-hybridized carbons (Fsp3) is 0.167. The summed E-state index contributed by atoms with van der Waals surface area (Å²) in [4.78, 5) is 9.00. The van der Waals surface area contributed by atoms with Crippen LogP contribution >= 0.6 is 0 Å². The van der Waals surface area contributed by atoms with Gasteiger partial charge >= 0.3 is 0 Å². The zero-order valence-corrected chi connectivity index (χ0v) is 5.33. The maximum atomic E-state index is 9.00. The Labute approximate surface area is 54.3 Å². The summed E-state index contributed by atoms with van der Waals surface area (Å²) in [7, 11) is 0. The highest BCUT2D eigenvalue weighted by Crippen LogP contribution is 1.65. The lowest BCUT2D eigenvalue weighted by Gasteiger charge is -1.76. The molecule has 3 nitrogen and oxygen atoms in total. The van der Waals surface area contributed by atoms with Gasteiger partial charge in [0.25, 0.3) is 5.97 Å². The van der Waals surface area contributed by atoms with E-state index in [1.807, 2.05) is 0 Å². The predicted octanol–water partition coefficient (Wildman–Crippen LogP) is 1.38. The molecule has 0 bridgehead atoms. The van der Waals surface area contributed by atoms with Crippen molar-refractivity contribution in [3.8, 4) is 0 Å². The molecular formula is C6H10O3. The van der Waals surface area contributed by atoms with Gasteiger partial charge in [-0.15, -0.1) is 0 Å². The van der Waals surface area contributed by atoms with E-state index in [9.17, 15) is 0 Å². The first-order valence-corrected chi connectivity index (χ1v) is 2.22. The molecule has 0 amide bonds. The van der Waals surface area contributed by atoms with Gasteiger partial charge in [0.05, 0.1) is 12.5 Å². The van der Waals surface area contributed by atoms with Gasteiger partial charge in [0, 0.05) is 6.92 Å². The molecule has 0 aliphatic rings. The minimum absolute atomic E-state index is 0.833. The van der Waals surface area contributed by atoms with Crippen LogP contribution in [0.4, 0.5) is 0 Å². The standard InChI is InChI=1S/C4H6O.C2H4O2/c1-3-5-4-2;1-2(3)4/h3-4H,1-2H2;1H3,(H,3,4). The second kappa shape index (κ2) is 9.89. The van der Waals surface area contributed by atoms with Crippen LogP contribution in [0, 0.1) is 0 Å². The summed E-state index contributed by atoms with van der Waals surface area (Å²) >= 11 is 0. The Morgan fingerprint density at radius 3 is 1.78 bits per heavy atom. The molecule has 0 aliphatic heterocycles. The molecule has 0 aromatic rings. The van der Waals surface area contributed by atoms with Gasteiger partial charge in [-0.1, -0.05) is 13.2 Å². The van der Waals surface area contributed by atoms with Gasteiger partial charge in [-0.2, -0.15) is 0 Å².